The van der Waals surface area contributed by atoms with Gasteiger partial charge in [-0.05, 0) is 41.5 Å². The van der Waals surface area contributed by atoms with Crippen LogP contribution in [0.3, 0.4) is 0 Å². The Balaban J connectivity index is 1.63. The third-order valence-electron chi connectivity index (χ3n) is 4.23. The summed E-state index contributed by atoms with van der Waals surface area (Å²) in [6.45, 7) is 0. The molecule has 2 aromatic heterocycles. The molecule has 4 rings (SSSR count). The number of rotatable bonds is 4. The Bertz CT molecular complexity index is 1210. The second-order valence-electron chi connectivity index (χ2n) is 6.14. The van der Waals surface area contributed by atoms with Gasteiger partial charge in [-0.2, -0.15) is 10.4 Å². The Morgan fingerprint density at radius 1 is 1.18 bits per heavy atom. The predicted octanol–water partition coefficient (Wildman–Crippen LogP) is 4.37. The van der Waals surface area contributed by atoms with Crippen LogP contribution in [0.2, 0.25) is 5.02 Å². The van der Waals surface area contributed by atoms with Gasteiger partial charge in [0.1, 0.15) is 5.69 Å². The molecule has 0 aliphatic heterocycles. The summed E-state index contributed by atoms with van der Waals surface area (Å²) in [5, 5.41) is 16.5. The molecule has 1 amide bonds. The second kappa shape index (κ2) is 7.51. The normalized spacial score (nSPS) is 10.6. The number of halogens is 1. The van der Waals surface area contributed by atoms with Gasteiger partial charge in [-0.25, -0.2) is 9.50 Å². The summed E-state index contributed by atoms with van der Waals surface area (Å²) >= 11 is 6.09. The average molecular weight is 388 g/mol. The SMILES string of the molecule is N#CCc1ccc(NC(=O)c2ccn3ncc(-c4cccc(Cl)c4)c3n2)cc1. The molecule has 0 radical (unpaired) electrons. The van der Waals surface area contributed by atoms with Crippen molar-refractivity contribution in [2.24, 2.45) is 0 Å². The Morgan fingerprint density at radius 3 is 2.75 bits per heavy atom. The van der Waals surface area contributed by atoms with E-state index in [-0.39, 0.29) is 11.6 Å². The smallest absolute Gasteiger partial charge is 0.274 e. The fraction of sp³-hybridized carbons (Fsp3) is 0.0476. The summed E-state index contributed by atoms with van der Waals surface area (Å²) in [5.41, 5.74) is 4.04. The molecule has 2 aromatic carbocycles. The van der Waals surface area contributed by atoms with Crippen molar-refractivity contribution < 1.29 is 4.79 Å². The van der Waals surface area contributed by atoms with Crippen LogP contribution in [-0.2, 0) is 6.42 Å². The Morgan fingerprint density at radius 2 is 2.00 bits per heavy atom. The highest BCUT2D eigenvalue weighted by molar-refractivity contribution is 6.30. The van der Waals surface area contributed by atoms with Gasteiger partial charge >= 0.3 is 0 Å². The topological polar surface area (TPSA) is 83.1 Å². The lowest BCUT2D eigenvalue weighted by atomic mass is 10.1. The number of amides is 1. The van der Waals surface area contributed by atoms with E-state index < -0.39 is 0 Å². The van der Waals surface area contributed by atoms with E-state index in [9.17, 15) is 4.79 Å². The predicted molar refractivity (Wildman–Crippen MR) is 107 cm³/mol. The summed E-state index contributed by atoms with van der Waals surface area (Å²) < 4.78 is 1.61. The first-order valence-corrected chi connectivity index (χ1v) is 8.89. The van der Waals surface area contributed by atoms with Crippen molar-refractivity contribution in [1.82, 2.24) is 14.6 Å². The Labute approximate surface area is 166 Å². The van der Waals surface area contributed by atoms with E-state index in [4.69, 9.17) is 16.9 Å². The zero-order valence-electron chi connectivity index (χ0n) is 14.6. The minimum Gasteiger partial charge on any atom is -0.321 e. The molecule has 0 unspecified atom stereocenters. The molecular formula is C21H14ClN5O. The lowest BCUT2D eigenvalue weighted by molar-refractivity contribution is 0.102. The first-order valence-electron chi connectivity index (χ1n) is 8.51. The summed E-state index contributed by atoms with van der Waals surface area (Å²) in [6, 6.07) is 18.2. The summed E-state index contributed by atoms with van der Waals surface area (Å²) in [6.07, 6.45) is 3.73. The van der Waals surface area contributed by atoms with Crippen LogP contribution in [0.5, 0.6) is 0 Å². The number of carbonyl (C=O) groups is 1. The van der Waals surface area contributed by atoms with E-state index >= 15 is 0 Å². The average Bonchev–Trinajstić information content (AvgIpc) is 3.13. The fourth-order valence-corrected chi connectivity index (χ4v) is 3.04. The molecule has 0 atom stereocenters. The maximum atomic E-state index is 12.6. The number of benzene rings is 2. The summed E-state index contributed by atoms with van der Waals surface area (Å²) in [5.74, 6) is -0.325. The van der Waals surface area contributed by atoms with Crippen LogP contribution < -0.4 is 5.32 Å². The van der Waals surface area contributed by atoms with Crippen molar-refractivity contribution in [3.63, 3.8) is 0 Å². The molecule has 136 valence electrons. The molecule has 0 aliphatic carbocycles. The van der Waals surface area contributed by atoms with E-state index in [1.165, 1.54) is 0 Å². The number of anilines is 1. The minimum absolute atomic E-state index is 0.275. The van der Waals surface area contributed by atoms with Crippen LogP contribution in [0.25, 0.3) is 16.8 Å². The number of hydrogen-bond donors (Lipinski definition) is 1. The van der Waals surface area contributed by atoms with Crippen molar-refractivity contribution in [3.8, 4) is 17.2 Å². The van der Waals surface area contributed by atoms with Crippen LogP contribution >= 0.6 is 11.6 Å². The van der Waals surface area contributed by atoms with E-state index in [1.54, 1.807) is 41.2 Å². The fourth-order valence-electron chi connectivity index (χ4n) is 2.85. The van der Waals surface area contributed by atoms with Gasteiger partial charge in [-0.1, -0.05) is 35.9 Å². The number of hydrogen-bond acceptors (Lipinski definition) is 4. The van der Waals surface area contributed by atoms with Gasteiger partial charge in [0.05, 0.1) is 18.7 Å². The van der Waals surface area contributed by atoms with E-state index in [2.05, 4.69) is 21.5 Å². The highest BCUT2D eigenvalue weighted by Crippen LogP contribution is 2.26. The third kappa shape index (κ3) is 3.56. The molecule has 4 aromatic rings. The molecular weight excluding hydrogens is 374 g/mol. The molecule has 0 bridgehead atoms. The molecule has 28 heavy (non-hydrogen) atoms. The molecule has 1 N–H and O–H groups in total. The van der Waals surface area contributed by atoms with Gasteiger partial charge < -0.3 is 5.32 Å². The van der Waals surface area contributed by atoms with Gasteiger partial charge in [0, 0.05) is 22.5 Å². The standard InChI is InChI=1S/C21H14ClN5O/c22-16-3-1-2-15(12-16)18-13-24-27-11-9-19(26-20(18)27)21(28)25-17-6-4-14(5-7-17)8-10-23/h1-7,9,11-13H,8H2,(H,25,28). The van der Waals surface area contributed by atoms with Crippen LogP contribution in [0, 0.1) is 11.3 Å². The molecule has 0 spiro atoms. The van der Waals surface area contributed by atoms with E-state index in [0.717, 1.165) is 16.7 Å². The zero-order chi connectivity index (χ0) is 19.5. The van der Waals surface area contributed by atoms with Crippen LogP contribution in [0.1, 0.15) is 16.1 Å². The number of nitrogens with zero attached hydrogens (tertiary/aromatic N) is 4. The first kappa shape index (κ1) is 17.7. The zero-order valence-corrected chi connectivity index (χ0v) is 15.4. The van der Waals surface area contributed by atoms with E-state index in [0.29, 0.717) is 22.8 Å². The molecule has 0 saturated carbocycles. The first-order chi connectivity index (χ1) is 13.6. The highest BCUT2D eigenvalue weighted by atomic mass is 35.5. The number of fused-ring (bicyclic) bond motifs is 1. The second-order valence-corrected chi connectivity index (χ2v) is 6.57. The third-order valence-corrected chi connectivity index (χ3v) is 4.47. The number of aromatic nitrogens is 3. The van der Waals surface area contributed by atoms with Crippen molar-refractivity contribution >= 4 is 28.8 Å². The maximum absolute atomic E-state index is 12.6. The number of nitrogens with one attached hydrogen (secondary N) is 1. The number of nitriles is 1. The highest BCUT2D eigenvalue weighted by Gasteiger charge is 2.13. The molecule has 6 nitrogen and oxygen atoms in total. The number of carbonyl (C=O) groups excluding carboxylic acids is 1. The van der Waals surface area contributed by atoms with Crippen LogP contribution in [-0.4, -0.2) is 20.5 Å². The lowest BCUT2D eigenvalue weighted by Crippen LogP contribution is -2.14. The van der Waals surface area contributed by atoms with E-state index in [1.807, 2.05) is 30.3 Å². The van der Waals surface area contributed by atoms with Crippen molar-refractivity contribution in [2.75, 3.05) is 5.32 Å². The Kier molecular flexibility index (Phi) is 4.75. The lowest BCUT2D eigenvalue weighted by Gasteiger charge is -2.06. The molecule has 0 saturated heterocycles. The maximum Gasteiger partial charge on any atom is 0.274 e. The van der Waals surface area contributed by atoms with Gasteiger partial charge in [-0.3, -0.25) is 4.79 Å². The monoisotopic (exact) mass is 387 g/mol. The van der Waals surface area contributed by atoms with Gasteiger partial charge in [0.2, 0.25) is 0 Å². The molecule has 0 aliphatic rings. The summed E-state index contributed by atoms with van der Waals surface area (Å²) in [4.78, 5) is 17.1. The van der Waals surface area contributed by atoms with Crippen molar-refractivity contribution in [2.45, 2.75) is 6.42 Å². The molecule has 0 fully saturated rings. The van der Waals surface area contributed by atoms with Gasteiger partial charge in [0.25, 0.3) is 5.91 Å². The quantitative estimate of drug-likeness (QED) is 0.563. The van der Waals surface area contributed by atoms with Crippen molar-refractivity contribution in [3.05, 3.63) is 83.3 Å². The minimum atomic E-state index is -0.325. The molecule has 7 heteroatoms. The van der Waals surface area contributed by atoms with Gasteiger partial charge in [0.15, 0.2) is 5.65 Å². The van der Waals surface area contributed by atoms with Crippen molar-refractivity contribution in [1.29, 1.82) is 5.26 Å². The van der Waals surface area contributed by atoms with Crippen LogP contribution in [0.4, 0.5) is 5.69 Å². The molecule has 2 heterocycles. The largest absolute Gasteiger partial charge is 0.321 e. The summed E-state index contributed by atoms with van der Waals surface area (Å²) in [7, 11) is 0. The van der Waals surface area contributed by atoms with Gasteiger partial charge in [-0.15, -0.1) is 0 Å². The van der Waals surface area contributed by atoms with Crippen LogP contribution in [0.15, 0.2) is 67.0 Å². The Hall–Kier alpha value is -3.69.